The minimum atomic E-state index is -2.91. The molecule has 1 rings (SSSR count). The lowest BCUT2D eigenvalue weighted by atomic mass is 10.1. The summed E-state index contributed by atoms with van der Waals surface area (Å²) in [6.45, 7) is 3.63. The molecule has 112 valence electrons. The van der Waals surface area contributed by atoms with E-state index in [0.29, 0.717) is 19.4 Å². The van der Waals surface area contributed by atoms with Gasteiger partial charge in [-0.1, -0.05) is 19.1 Å². The van der Waals surface area contributed by atoms with Crippen LogP contribution in [-0.2, 0) is 21.1 Å². The van der Waals surface area contributed by atoms with Crippen LogP contribution in [0.4, 0.5) is 0 Å². The van der Waals surface area contributed by atoms with Crippen molar-refractivity contribution in [3.63, 3.8) is 0 Å². The largest absolute Gasteiger partial charge is 0.494 e. The van der Waals surface area contributed by atoms with Gasteiger partial charge in [0.25, 0.3) is 0 Å². The Hall–Kier alpha value is -1.36. The lowest BCUT2D eigenvalue weighted by Crippen LogP contribution is -2.11. The van der Waals surface area contributed by atoms with Crippen LogP contribution < -0.4 is 4.74 Å². The number of hydrogen-bond donors (Lipinski definition) is 0. The van der Waals surface area contributed by atoms with Crippen LogP contribution in [-0.4, -0.2) is 32.3 Å². The molecular formula is C15H22O4S. The topological polar surface area (TPSA) is 60.4 Å². The summed E-state index contributed by atoms with van der Waals surface area (Å²) in [5.74, 6) is 1.26. The van der Waals surface area contributed by atoms with Crippen LogP contribution >= 0.6 is 0 Å². The van der Waals surface area contributed by atoms with Gasteiger partial charge in [0.05, 0.1) is 12.4 Å². The third kappa shape index (κ3) is 6.70. The highest BCUT2D eigenvalue weighted by atomic mass is 32.2. The van der Waals surface area contributed by atoms with E-state index in [0.717, 1.165) is 17.7 Å². The highest BCUT2D eigenvalue weighted by Gasteiger charge is 2.06. The molecule has 0 atom stereocenters. The fourth-order valence-corrected chi connectivity index (χ4v) is 2.53. The molecule has 20 heavy (non-hydrogen) atoms. The van der Waals surface area contributed by atoms with Gasteiger partial charge in [0, 0.05) is 12.2 Å². The van der Waals surface area contributed by atoms with E-state index in [-0.39, 0.29) is 17.3 Å². The van der Waals surface area contributed by atoms with Gasteiger partial charge in [-0.05, 0) is 37.5 Å². The van der Waals surface area contributed by atoms with Crippen molar-refractivity contribution in [2.24, 2.45) is 0 Å². The van der Waals surface area contributed by atoms with Gasteiger partial charge < -0.3 is 9.53 Å². The van der Waals surface area contributed by atoms with Crippen molar-refractivity contribution in [3.05, 3.63) is 29.8 Å². The van der Waals surface area contributed by atoms with E-state index in [2.05, 4.69) is 0 Å². The standard InChI is InChI=1S/C15H22O4S/c1-3-20(17,18)12-4-11-19-15-9-7-14(8-10-15)6-5-13(2)16/h7-10H,3-6,11-12H2,1-2H3. The van der Waals surface area contributed by atoms with Crippen LogP contribution in [0.5, 0.6) is 5.75 Å². The Balaban J connectivity index is 2.33. The Labute approximate surface area is 121 Å². The summed E-state index contributed by atoms with van der Waals surface area (Å²) >= 11 is 0. The summed E-state index contributed by atoms with van der Waals surface area (Å²) in [5, 5.41) is 0. The molecule has 1 aromatic rings. The summed E-state index contributed by atoms with van der Waals surface area (Å²) in [5.41, 5.74) is 1.10. The molecule has 0 bridgehead atoms. The molecule has 0 unspecified atom stereocenters. The molecule has 0 aliphatic rings. The minimum absolute atomic E-state index is 0.167. The van der Waals surface area contributed by atoms with Crippen molar-refractivity contribution < 1.29 is 17.9 Å². The molecule has 0 radical (unpaired) electrons. The van der Waals surface area contributed by atoms with E-state index in [9.17, 15) is 13.2 Å². The van der Waals surface area contributed by atoms with Crippen LogP contribution in [0, 0.1) is 0 Å². The van der Waals surface area contributed by atoms with Crippen LogP contribution in [0.25, 0.3) is 0 Å². The number of ether oxygens (including phenoxy) is 1. The number of carbonyl (C=O) groups excluding carboxylic acids is 1. The first-order valence-electron chi connectivity index (χ1n) is 6.84. The molecule has 1 aromatic carbocycles. The maximum absolute atomic E-state index is 11.3. The van der Waals surface area contributed by atoms with E-state index in [1.165, 1.54) is 0 Å². The second-order valence-electron chi connectivity index (χ2n) is 4.78. The van der Waals surface area contributed by atoms with Crippen molar-refractivity contribution in [1.82, 2.24) is 0 Å². The lowest BCUT2D eigenvalue weighted by Gasteiger charge is -2.07. The zero-order valence-corrected chi connectivity index (χ0v) is 12.9. The molecule has 0 amide bonds. The maximum Gasteiger partial charge on any atom is 0.150 e. The Bertz CT molecular complexity index is 517. The van der Waals surface area contributed by atoms with E-state index in [1.807, 2.05) is 24.3 Å². The first kappa shape index (κ1) is 16.7. The van der Waals surface area contributed by atoms with Gasteiger partial charge >= 0.3 is 0 Å². The molecule has 0 heterocycles. The SMILES string of the molecule is CCS(=O)(=O)CCCOc1ccc(CCC(C)=O)cc1. The van der Waals surface area contributed by atoms with Crippen molar-refractivity contribution in [3.8, 4) is 5.75 Å². The molecule has 0 saturated carbocycles. The summed E-state index contributed by atoms with van der Waals surface area (Å²) in [7, 11) is -2.91. The molecule has 4 nitrogen and oxygen atoms in total. The van der Waals surface area contributed by atoms with Crippen molar-refractivity contribution >= 4 is 15.6 Å². The summed E-state index contributed by atoms with van der Waals surface area (Å²) in [4.78, 5) is 10.9. The lowest BCUT2D eigenvalue weighted by molar-refractivity contribution is -0.116. The minimum Gasteiger partial charge on any atom is -0.494 e. The van der Waals surface area contributed by atoms with Crippen LogP contribution in [0.3, 0.4) is 0 Å². The molecule has 0 aliphatic heterocycles. The summed E-state index contributed by atoms with van der Waals surface area (Å²) in [6.07, 6.45) is 1.79. The molecule has 0 saturated heterocycles. The number of rotatable bonds is 9. The number of ketones is 1. The molecule has 0 spiro atoms. The highest BCUT2D eigenvalue weighted by Crippen LogP contribution is 2.14. The van der Waals surface area contributed by atoms with Gasteiger partial charge in [0.15, 0.2) is 0 Å². The zero-order valence-electron chi connectivity index (χ0n) is 12.1. The van der Waals surface area contributed by atoms with Gasteiger partial charge in [-0.3, -0.25) is 0 Å². The van der Waals surface area contributed by atoms with Crippen molar-refractivity contribution in [1.29, 1.82) is 0 Å². The van der Waals surface area contributed by atoms with Gasteiger partial charge in [0.1, 0.15) is 21.4 Å². The number of benzene rings is 1. The van der Waals surface area contributed by atoms with Gasteiger partial charge in [-0.2, -0.15) is 0 Å². The average molecular weight is 298 g/mol. The quantitative estimate of drug-likeness (QED) is 0.657. The Kier molecular flexibility index (Phi) is 6.71. The number of sulfone groups is 1. The molecule has 0 fully saturated rings. The Morgan fingerprint density at radius 2 is 1.85 bits per heavy atom. The third-order valence-electron chi connectivity index (χ3n) is 3.00. The first-order valence-corrected chi connectivity index (χ1v) is 8.66. The van der Waals surface area contributed by atoms with Crippen LogP contribution in [0.1, 0.15) is 32.3 Å². The fraction of sp³-hybridized carbons (Fsp3) is 0.533. The Morgan fingerprint density at radius 3 is 2.40 bits per heavy atom. The van der Waals surface area contributed by atoms with Crippen molar-refractivity contribution in [2.75, 3.05) is 18.1 Å². The van der Waals surface area contributed by atoms with Gasteiger partial charge in [-0.25, -0.2) is 8.42 Å². The van der Waals surface area contributed by atoms with Crippen LogP contribution in [0.15, 0.2) is 24.3 Å². The van der Waals surface area contributed by atoms with Gasteiger partial charge in [0.2, 0.25) is 0 Å². The van der Waals surface area contributed by atoms with Crippen molar-refractivity contribution in [2.45, 2.75) is 33.1 Å². The summed E-state index contributed by atoms with van der Waals surface area (Å²) in [6, 6.07) is 7.57. The Morgan fingerprint density at radius 1 is 1.20 bits per heavy atom. The average Bonchev–Trinajstić information content (AvgIpc) is 2.42. The predicted molar refractivity (Wildman–Crippen MR) is 79.9 cm³/mol. The maximum atomic E-state index is 11.3. The molecular weight excluding hydrogens is 276 g/mol. The highest BCUT2D eigenvalue weighted by molar-refractivity contribution is 7.91. The van der Waals surface area contributed by atoms with E-state index in [1.54, 1.807) is 13.8 Å². The number of aryl methyl sites for hydroxylation is 1. The summed E-state index contributed by atoms with van der Waals surface area (Å²) < 4.78 is 28.1. The number of hydrogen-bond acceptors (Lipinski definition) is 4. The second kappa shape index (κ2) is 8.04. The molecule has 5 heteroatoms. The normalized spacial score (nSPS) is 11.3. The second-order valence-corrected chi connectivity index (χ2v) is 7.26. The predicted octanol–water partition coefficient (Wildman–Crippen LogP) is 2.41. The third-order valence-corrected chi connectivity index (χ3v) is 4.79. The smallest absolute Gasteiger partial charge is 0.150 e. The first-order chi connectivity index (χ1) is 9.43. The molecule has 0 N–H and O–H groups in total. The van der Waals surface area contributed by atoms with E-state index >= 15 is 0 Å². The van der Waals surface area contributed by atoms with E-state index in [4.69, 9.17) is 4.74 Å². The fourth-order valence-electron chi connectivity index (χ4n) is 1.69. The monoisotopic (exact) mass is 298 g/mol. The molecule has 0 aromatic heterocycles. The molecule has 0 aliphatic carbocycles. The van der Waals surface area contributed by atoms with Gasteiger partial charge in [-0.15, -0.1) is 0 Å². The number of carbonyl (C=O) groups is 1. The van der Waals surface area contributed by atoms with E-state index < -0.39 is 9.84 Å². The zero-order chi connectivity index (χ0) is 15.0. The van der Waals surface area contributed by atoms with Crippen LogP contribution in [0.2, 0.25) is 0 Å². The number of Topliss-reactive ketones (excluding diaryl/α,β-unsaturated/α-hetero) is 1.